The predicted octanol–water partition coefficient (Wildman–Crippen LogP) is 5.82. The van der Waals surface area contributed by atoms with E-state index < -0.39 is 63.3 Å². The number of nitrogens with one attached hydrogen (secondary N) is 3. The van der Waals surface area contributed by atoms with Gasteiger partial charge in [0.25, 0.3) is 0 Å². The Balaban J connectivity index is -0.00000152. The minimum atomic E-state index is -2.01. The number of carboxylic acids is 2. The zero-order valence-electron chi connectivity index (χ0n) is 31.1. The number of hydrogen-bond donors (Lipinski definition) is 3. The number of thioether (sulfide) groups is 1. The minimum absolute atomic E-state index is 0. The molecule has 1 rings (SSSR count). The van der Waals surface area contributed by atoms with Gasteiger partial charge in [-0.05, 0) is 63.5 Å². The van der Waals surface area contributed by atoms with Crippen LogP contribution in [0.25, 0.3) is 11.5 Å². The summed E-state index contributed by atoms with van der Waals surface area (Å²) in [5.41, 5.74) is 15.3. The molecule has 0 aliphatic heterocycles. The number of alkyl carbamates (subject to hydrolysis) is 1. The average Bonchev–Trinajstić information content (AvgIpc) is 3.07. The van der Waals surface area contributed by atoms with E-state index in [0.29, 0.717) is 24.4 Å². The fraction of sp³-hybridized carbons (Fsp3) is 0.667. The fourth-order valence-electron chi connectivity index (χ4n) is 4.40. The first-order valence-electron chi connectivity index (χ1n) is 16.2. The maximum atomic E-state index is 12.4. The summed E-state index contributed by atoms with van der Waals surface area (Å²) in [6, 6.07) is -0.497. The standard InChI is InChI=1S/C29H49N5O10SSi2.CO2.2ClH.Pt.2H2S/c1-46(2,14-6-8-27(38)43-23(15-30)16-31)44-47(3,4)20-45-19-25-32-17-21(18-33-25)9-10-22(35)11-12-24(28(39)40)34-29(41)42-13-5-7-26(36)37;2-1-3;;;;;/h17-18,23-24,30-31H,5-16,19-20H2,1-4H3,(H,34,41)(H,36,37)(H,39,40);;2*1H;;2*1H2/q-2;;;;+4;;/p-2/t24-;;;;;;/m0....../s1. The summed E-state index contributed by atoms with van der Waals surface area (Å²) in [5, 5.41) is 21.0. The van der Waals surface area contributed by atoms with E-state index in [4.69, 9.17) is 58.6 Å². The van der Waals surface area contributed by atoms with Crippen molar-refractivity contribution < 1.29 is 73.8 Å². The number of halogens is 2. The van der Waals surface area contributed by atoms with Crippen molar-refractivity contribution in [3.05, 3.63) is 35.2 Å². The molecule has 0 aromatic carbocycles. The van der Waals surface area contributed by atoms with Crippen LogP contribution in [0.2, 0.25) is 32.2 Å². The summed E-state index contributed by atoms with van der Waals surface area (Å²) in [7, 11) is 5.73. The van der Waals surface area contributed by atoms with Gasteiger partial charge in [-0.1, -0.05) is 0 Å². The number of hydrogen-bond acceptors (Lipinski definition) is 13. The number of amides is 1. The zero-order chi connectivity index (χ0) is 40.9. The Labute approximate surface area is 358 Å². The SMILES string of the molecule is C[Si](C)(CCCC(=O)OC(C[NH-])C[NH-])O[Si](C)(C)CSCc1ncc(CCC(=O)CC[C@H](NC(=O)OCCCC(=O)O)C(=O)O)cn1.O=C=O.S.S.[Cl][Pt+2][Cl]. The van der Waals surface area contributed by atoms with Crippen molar-refractivity contribution >= 4 is 110 Å². The molecular formula is C30H53Cl2N5O12PtS3Si2. The normalized spacial score (nSPS) is 11.1. The van der Waals surface area contributed by atoms with Crippen LogP contribution in [-0.4, -0.2) is 110 Å². The van der Waals surface area contributed by atoms with Crippen LogP contribution in [0.5, 0.6) is 0 Å². The Bertz CT molecular complexity index is 1290. The Morgan fingerprint density at radius 3 is 2.02 bits per heavy atom. The molecular weight excluding hydrogens is 1040 g/mol. The quantitative estimate of drug-likeness (QED) is 0.0592. The molecule has 0 bridgehead atoms. The number of rotatable bonds is 25. The number of aromatic nitrogens is 2. The molecule has 0 fully saturated rings. The molecule has 1 atom stereocenters. The summed E-state index contributed by atoms with van der Waals surface area (Å²) in [5.74, 6) is -1.61. The van der Waals surface area contributed by atoms with Crippen molar-refractivity contribution in [1.82, 2.24) is 15.3 Å². The van der Waals surface area contributed by atoms with E-state index in [1.807, 2.05) is 0 Å². The van der Waals surface area contributed by atoms with Crippen molar-refractivity contribution in [2.24, 2.45) is 0 Å². The van der Waals surface area contributed by atoms with Gasteiger partial charge in [-0.2, -0.15) is 48.3 Å². The first kappa shape index (κ1) is 60.1. The number of carboxylic acid groups (broad SMARTS) is 2. The van der Waals surface area contributed by atoms with Crippen molar-refractivity contribution in [2.45, 2.75) is 101 Å². The van der Waals surface area contributed by atoms with Crippen LogP contribution in [0.3, 0.4) is 0 Å². The molecule has 5 N–H and O–H groups in total. The molecule has 0 aliphatic rings. The van der Waals surface area contributed by atoms with Crippen LogP contribution in [-0.2, 0) is 71.0 Å². The zero-order valence-corrected chi connectivity index (χ0v) is 39.7. The van der Waals surface area contributed by atoms with Gasteiger partial charge in [0, 0.05) is 43.5 Å². The molecule has 1 heterocycles. The number of carbonyl (C=O) groups excluding carboxylic acids is 5. The maximum absolute atomic E-state index is 12.4. The number of esters is 1. The van der Waals surface area contributed by atoms with Crippen LogP contribution in [0.4, 0.5) is 4.79 Å². The van der Waals surface area contributed by atoms with Crippen LogP contribution in [0.1, 0.15) is 56.3 Å². The molecule has 1 aromatic rings. The second-order valence-electron chi connectivity index (χ2n) is 12.4. The average molecular weight is 1090 g/mol. The first-order valence-corrected chi connectivity index (χ1v) is 29.2. The van der Waals surface area contributed by atoms with Gasteiger partial charge in [0.15, 0.2) is 16.6 Å². The third kappa shape index (κ3) is 35.3. The number of nitrogens with zero attached hydrogens (tertiary/aromatic N) is 2. The second-order valence-corrected chi connectivity index (χ2v) is 25.9. The Hall–Kier alpha value is -1.56. The van der Waals surface area contributed by atoms with Crippen molar-refractivity contribution in [3.8, 4) is 0 Å². The summed E-state index contributed by atoms with van der Waals surface area (Å²) in [4.78, 5) is 83.2. The van der Waals surface area contributed by atoms with Gasteiger partial charge in [-0.3, -0.25) is 14.4 Å². The number of aliphatic carboxylic acids is 2. The molecule has 55 heavy (non-hydrogen) atoms. The molecule has 1 amide bonds. The third-order valence-electron chi connectivity index (χ3n) is 6.67. The Morgan fingerprint density at radius 1 is 0.945 bits per heavy atom. The van der Waals surface area contributed by atoms with Crippen molar-refractivity contribution in [3.63, 3.8) is 0 Å². The van der Waals surface area contributed by atoms with E-state index in [1.54, 1.807) is 24.2 Å². The van der Waals surface area contributed by atoms with Crippen molar-refractivity contribution in [1.29, 1.82) is 0 Å². The Kier molecular flexibility index (Phi) is 38.9. The van der Waals surface area contributed by atoms with Gasteiger partial charge < -0.3 is 40.6 Å². The van der Waals surface area contributed by atoms with Gasteiger partial charge in [0.1, 0.15) is 17.6 Å². The topological polar surface area (TPSA) is 273 Å². The monoisotopic (exact) mass is 1090 g/mol. The fourth-order valence-corrected chi connectivity index (χ4v) is 15.3. The summed E-state index contributed by atoms with van der Waals surface area (Å²) in [6.07, 6.45) is 3.18. The molecule has 0 aliphatic carbocycles. The Morgan fingerprint density at radius 2 is 1.51 bits per heavy atom. The van der Waals surface area contributed by atoms with E-state index in [0.717, 1.165) is 17.0 Å². The number of ether oxygens (including phenoxy) is 2. The first-order chi connectivity index (χ1) is 24.9. The molecule has 17 nitrogen and oxygen atoms in total. The van der Waals surface area contributed by atoms with Crippen LogP contribution in [0, 0.1) is 0 Å². The third-order valence-corrected chi connectivity index (χ3v) is 16.7. The second kappa shape index (κ2) is 35.6. The number of Topliss-reactive ketones (excluding diaryl/α,β-unsaturated/α-hetero) is 1. The number of ketones is 1. The molecule has 0 saturated carbocycles. The predicted molar refractivity (Wildman–Crippen MR) is 219 cm³/mol. The molecule has 0 saturated heterocycles. The van der Waals surface area contributed by atoms with Gasteiger partial charge in [0.2, 0.25) is 0 Å². The number of carbonyl (C=O) groups is 5. The van der Waals surface area contributed by atoms with E-state index >= 15 is 0 Å². The van der Waals surface area contributed by atoms with Crippen LogP contribution < -0.4 is 5.32 Å². The number of aryl methyl sites for hydroxylation is 1. The summed E-state index contributed by atoms with van der Waals surface area (Å²) < 4.78 is 16.6. The molecule has 320 valence electrons. The van der Waals surface area contributed by atoms with Gasteiger partial charge >= 0.3 is 65.5 Å². The molecule has 25 heteroatoms. The van der Waals surface area contributed by atoms with Crippen molar-refractivity contribution in [2.75, 3.05) is 25.1 Å². The molecule has 0 spiro atoms. The van der Waals surface area contributed by atoms with Gasteiger partial charge in [0.05, 0.1) is 18.5 Å². The van der Waals surface area contributed by atoms with Crippen LogP contribution in [0.15, 0.2) is 12.4 Å². The van der Waals surface area contributed by atoms with E-state index in [-0.39, 0.29) is 103 Å². The molecule has 0 radical (unpaired) electrons. The summed E-state index contributed by atoms with van der Waals surface area (Å²) >= 11 is 1.23. The van der Waals surface area contributed by atoms with Gasteiger partial charge in [-0.15, -0.1) is 13.1 Å². The van der Waals surface area contributed by atoms with E-state index in [1.165, 1.54) is 0 Å². The molecule has 0 unspecified atom stereocenters. The van der Waals surface area contributed by atoms with E-state index in [9.17, 15) is 29.1 Å². The van der Waals surface area contributed by atoms with Gasteiger partial charge in [-0.25, -0.2) is 19.6 Å². The molecule has 1 aromatic heterocycles. The summed E-state index contributed by atoms with van der Waals surface area (Å²) in [6.45, 7) is 8.26. The van der Waals surface area contributed by atoms with Crippen LogP contribution >= 0.6 is 57.6 Å². The van der Waals surface area contributed by atoms with E-state index in [2.05, 4.69) is 41.5 Å².